The van der Waals surface area contributed by atoms with E-state index >= 15 is 0 Å². The third kappa shape index (κ3) is 3.65. The van der Waals surface area contributed by atoms with Gasteiger partial charge in [0.2, 0.25) is 0 Å². The summed E-state index contributed by atoms with van der Waals surface area (Å²) >= 11 is 3.45. The number of aryl methyl sites for hydroxylation is 1. The van der Waals surface area contributed by atoms with Crippen LogP contribution in [-0.4, -0.2) is 4.98 Å². The van der Waals surface area contributed by atoms with Crippen LogP contribution in [0.15, 0.2) is 46.9 Å². The van der Waals surface area contributed by atoms with E-state index in [1.807, 2.05) is 25.1 Å². The van der Waals surface area contributed by atoms with Crippen LogP contribution in [0.5, 0.6) is 0 Å². The first-order valence-electron chi connectivity index (χ1n) is 6.06. The molecule has 94 valence electrons. The van der Waals surface area contributed by atoms with Crippen molar-refractivity contribution in [3.8, 4) is 0 Å². The van der Waals surface area contributed by atoms with Crippen LogP contribution in [-0.2, 0) is 6.54 Å². The van der Waals surface area contributed by atoms with E-state index < -0.39 is 0 Å². The number of halogens is 1. The van der Waals surface area contributed by atoms with Gasteiger partial charge < -0.3 is 5.32 Å². The zero-order valence-electron chi connectivity index (χ0n) is 10.7. The minimum Gasteiger partial charge on any atom is -0.305 e. The molecule has 1 atom stereocenters. The van der Waals surface area contributed by atoms with Gasteiger partial charge in [0.1, 0.15) is 0 Å². The van der Waals surface area contributed by atoms with E-state index in [9.17, 15) is 0 Å². The second kappa shape index (κ2) is 6.12. The SMILES string of the molecule is Cc1cccc(CN[C@@H](C)c2ccc(Br)cc2)n1. The van der Waals surface area contributed by atoms with Gasteiger partial charge in [-0.05, 0) is 43.7 Å². The van der Waals surface area contributed by atoms with Crippen LogP contribution in [0.4, 0.5) is 0 Å². The van der Waals surface area contributed by atoms with Crippen LogP contribution in [0.1, 0.15) is 29.9 Å². The van der Waals surface area contributed by atoms with Gasteiger partial charge >= 0.3 is 0 Å². The van der Waals surface area contributed by atoms with Crippen molar-refractivity contribution in [3.63, 3.8) is 0 Å². The number of rotatable bonds is 4. The molecule has 2 nitrogen and oxygen atoms in total. The first-order valence-corrected chi connectivity index (χ1v) is 6.86. The minimum atomic E-state index is 0.320. The number of benzene rings is 1. The zero-order valence-corrected chi connectivity index (χ0v) is 12.2. The van der Waals surface area contributed by atoms with E-state index in [1.165, 1.54) is 5.56 Å². The van der Waals surface area contributed by atoms with Crippen molar-refractivity contribution in [1.82, 2.24) is 10.3 Å². The monoisotopic (exact) mass is 304 g/mol. The number of aromatic nitrogens is 1. The first kappa shape index (κ1) is 13.2. The summed E-state index contributed by atoms with van der Waals surface area (Å²) in [5, 5.41) is 3.48. The Morgan fingerprint density at radius 3 is 2.56 bits per heavy atom. The van der Waals surface area contributed by atoms with E-state index in [4.69, 9.17) is 0 Å². The standard InChI is InChI=1S/C15H17BrN2/c1-11-4-3-5-15(18-11)10-17-12(2)13-6-8-14(16)9-7-13/h3-9,12,17H,10H2,1-2H3/t12-/m0/s1. The number of hydrogen-bond acceptors (Lipinski definition) is 2. The molecule has 0 amide bonds. The van der Waals surface area contributed by atoms with Gasteiger partial charge in [-0.15, -0.1) is 0 Å². The third-order valence-corrected chi connectivity index (χ3v) is 3.43. The van der Waals surface area contributed by atoms with Gasteiger partial charge in [-0.3, -0.25) is 4.98 Å². The summed E-state index contributed by atoms with van der Waals surface area (Å²) in [7, 11) is 0. The molecule has 0 unspecified atom stereocenters. The molecule has 0 radical (unpaired) electrons. The summed E-state index contributed by atoms with van der Waals surface area (Å²) in [6.45, 7) is 4.97. The summed E-state index contributed by atoms with van der Waals surface area (Å²) in [6.07, 6.45) is 0. The van der Waals surface area contributed by atoms with Crippen LogP contribution in [0.25, 0.3) is 0 Å². The van der Waals surface area contributed by atoms with Crippen molar-refractivity contribution < 1.29 is 0 Å². The van der Waals surface area contributed by atoms with Crippen LogP contribution in [0.3, 0.4) is 0 Å². The quantitative estimate of drug-likeness (QED) is 0.923. The number of nitrogens with zero attached hydrogens (tertiary/aromatic N) is 1. The third-order valence-electron chi connectivity index (χ3n) is 2.91. The highest BCUT2D eigenvalue weighted by molar-refractivity contribution is 9.10. The summed E-state index contributed by atoms with van der Waals surface area (Å²) in [5.74, 6) is 0. The maximum atomic E-state index is 4.48. The molecule has 2 rings (SSSR count). The van der Waals surface area contributed by atoms with Crippen molar-refractivity contribution in [2.24, 2.45) is 0 Å². The minimum absolute atomic E-state index is 0.320. The maximum absolute atomic E-state index is 4.48. The molecular formula is C15H17BrN2. The topological polar surface area (TPSA) is 24.9 Å². The summed E-state index contributed by atoms with van der Waals surface area (Å²) < 4.78 is 1.11. The molecule has 0 aliphatic rings. The fourth-order valence-electron chi connectivity index (χ4n) is 1.82. The molecule has 0 bridgehead atoms. The smallest absolute Gasteiger partial charge is 0.0545 e. The summed E-state index contributed by atoms with van der Waals surface area (Å²) in [5.41, 5.74) is 3.43. The Morgan fingerprint density at radius 2 is 1.89 bits per heavy atom. The van der Waals surface area contributed by atoms with E-state index in [1.54, 1.807) is 0 Å². The molecule has 0 spiro atoms. The van der Waals surface area contributed by atoms with E-state index in [-0.39, 0.29) is 0 Å². The second-order valence-electron chi connectivity index (χ2n) is 4.42. The Hall–Kier alpha value is -1.19. The second-order valence-corrected chi connectivity index (χ2v) is 5.34. The van der Waals surface area contributed by atoms with Crippen LogP contribution in [0, 0.1) is 6.92 Å². The molecule has 0 fully saturated rings. The molecule has 1 aromatic heterocycles. The Labute approximate surface area is 117 Å². The number of nitrogens with one attached hydrogen (secondary N) is 1. The predicted octanol–water partition coefficient (Wildman–Crippen LogP) is 4.00. The fraction of sp³-hybridized carbons (Fsp3) is 0.267. The van der Waals surface area contributed by atoms with Crippen molar-refractivity contribution in [3.05, 3.63) is 63.9 Å². The van der Waals surface area contributed by atoms with Gasteiger partial charge in [0.05, 0.1) is 5.69 Å². The predicted molar refractivity (Wildman–Crippen MR) is 78.4 cm³/mol. The van der Waals surface area contributed by atoms with E-state index in [0.29, 0.717) is 6.04 Å². The van der Waals surface area contributed by atoms with Crippen molar-refractivity contribution >= 4 is 15.9 Å². The lowest BCUT2D eigenvalue weighted by atomic mass is 10.1. The van der Waals surface area contributed by atoms with E-state index in [0.717, 1.165) is 22.4 Å². The molecule has 18 heavy (non-hydrogen) atoms. The summed E-state index contributed by atoms with van der Waals surface area (Å²) in [4.78, 5) is 4.48. The molecule has 1 aromatic carbocycles. The lowest BCUT2D eigenvalue weighted by Gasteiger charge is -2.14. The maximum Gasteiger partial charge on any atom is 0.0545 e. The van der Waals surface area contributed by atoms with Gasteiger partial charge in [0, 0.05) is 22.8 Å². The lowest BCUT2D eigenvalue weighted by molar-refractivity contribution is 0.567. The van der Waals surface area contributed by atoms with Crippen molar-refractivity contribution in [1.29, 1.82) is 0 Å². The van der Waals surface area contributed by atoms with E-state index in [2.05, 4.69) is 57.4 Å². The lowest BCUT2D eigenvalue weighted by Crippen LogP contribution is -2.18. The van der Waals surface area contributed by atoms with Crippen LogP contribution < -0.4 is 5.32 Å². The molecule has 0 aliphatic heterocycles. The van der Waals surface area contributed by atoms with Gasteiger partial charge in [0.25, 0.3) is 0 Å². The van der Waals surface area contributed by atoms with Crippen molar-refractivity contribution in [2.45, 2.75) is 26.4 Å². The van der Waals surface area contributed by atoms with Gasteiger partial charge in [-0.2, -0.15) is 0 Å². The first-order chi connectivity index (χ1) is 8.65. The Kier molecular flexibility index (Phi) is 4.50. The fourth-order valence-corrected chi connectivity index (χ4v) is 2.09. The number of pyridine rings is 1. The molecule has 0 aliphatic carbocycles. The zero-order chi connectivity index (χ0) is 13.0. The highest BCUT2D eigenvalue weighted by atomic mass is 79.9. The number of hydrogen-bond donors (Lipinski definition) is 1. The molecule has 0 saturated carbocycles. The van der Waals surface area contributed by atoms with Gasteiger partial charge in [-0.1, -0.05) is 34.1 Å². The normalized spacial score (nSPS) is 12.4. The average Bonchev–Trinajstić information content (AvgIpc) is 2.37. The highest BCUT2D eigenvalue weighted by Crippen LogP contribution is 2.16. The van der Waals surface area contributed by atoms with Gasteiger partial charge in [-0.25, -0.2) is 0 Å². The van der Waals surface area contributed by atoms with Gasteiger partial charge in [0.15, 0.2) is 0 Å². The molecule has 1 N–H and O–H groups in total. The van der Waals surface area contributed by atoms with Crippen LogP contribution in [0.2, 0.25) is 0 Å². The molecule has 2 aromatic rings. The molecule has 0 saturated heterocycles. The molecular weight excluding hydrogens is 288 g/mol. The average molecular weight is 305 g/mol. The Morgan fingerprint density at radius 1 is 1.17 bits per heavy atom. The summed E-state index contributed by atoms with van der Waals surface area (Å²) in [6, 6.07) is 14.8. The van der Waals surface area contributed by atoms with Crippen LogP contribution >= 0.6 is 15.9 Å². The largest absolute Gasteiger partial charge is 0.305 e. The Balaban J connectivity index is 1.96. The molecule has 3 heteroatoms. The van der Waals surface area contributed by atoms with Crippen molar-refractivity contribution in [2.75, 3.05) is 0 Å². The Bertz CT molecular complexity index is 508. The molecule has 1 heterocycles. The highest BCUT2D eigenvalue weighted by Gasteiger charge is 2.04.